The maximum atomic E-state index is 12.3. The number of nitrogens with one attached hydrogen (secondary N) is 1. The van der Waals surface area contributed by atoms with Gasteiger partial charge < -0.3 is 10.1 Å². The van der Waals surface area contributed by atoms with Crippen molar-refractivity contribution in [2.24, 2.45) is 0 Å². The van der Waals surface area contributed by atoms with Crippen LogP contribution in [0.15, 0.2) is 59.9 Å². The summed E-state index contributed by atoms with van der Waals surface area (Å²) in [6.45, 7) is 4.13. The molecule has 1 amide bonds. The summed E-state index contributed by atoms with van der Waals surface area (Å²) in [6.07, 6.45) is 1.69. The van der Waals surface area contributed by atoms with Crippen molar-refractivity contribution < 1.29 is 9.53 Å². The number of hydrogen-bond donors (Lipinski definition) is 1. The first-order valence-corrected chi connectivity index (χ1v) is 8.13. The second-order valence-corrected chi connectivity index (χ2v) is 6.13. The first-order valence-electron chi connectivity index (χ1n) is 7.32. The zero-order valence-electron chi connectivity index (χ0n) is 13.1. The van der Waals surface area contributed by atoms with E-state index in [9.17, 15) is 9.59 Å². The summed E-state index contributed by atoms with van der Waals surface area (Å²) in [7, 11) is 1.56. The zero-order chi connectivity index (χ0) is 17.1. The number of carbonyl (C=O) groups is 1. The molecule has 3 rings (SSSR count). The van der Waals surface area contributed by atoms with Gasteiger partial charge in [-0.2, -0.15) is 0 Å². The number of methoxy groups -OCH3 is 1. The molecule has 6 heteroatoms. The van der Waals surface area contributed by atoms with Gasteiger partial charge in [0.25, 0.3) is 5.91 Å². The second kappa shape index (κ2) is 6.72. The van der Waals surface area contributed by atoms with Crippen LogP contribution in [-0.2, 0) is 6.54 Å². The minimum Gasteiger partial charge on any atom is -0.497 e. The Morgan fingerprint density at radius 3 is 2.92 bits per heavy atom. The third-order valence-corrected chi connectivity index (χ3v) is 4.51. The van der Waals surface area contributed by atoms with Crippen LogP contribution < -0.4 is 14.9 Å². The van der Waals surface area contributed by atoms with E-state index in [1.165, 1.54) is 0 Å². The first kappa shape index (κ1) is 16.0. The predicted octanol–water partition coefficient (Wildman–Crippen LogP) is 3.51. The molecule has 0 aliphatic rings. The SMILES string of the molecule is C=CCn1c(=O)sc2cc(NC(=O)c3cccc(OC)c3)ccc21. The molecule has 0 unspecified atom stereocenters. The lowest BCUT2D eigenvalue weighted by Crippen LogP contribution is -2.12. The minimum atomic E-state index is -0.230. The molecule has 24 heavy (non-hydrogen) atoms. The number of nitrogens with zero attached hydrogens (tertiary/aromatic N) is 1. The van der Waals surface area contributed by atoms with Crippen molar-refractivity contribution in [3.05, 3.63) is 70.4 Å². The number of benzene rings is 2. The molecule has 0 aliphatic heterocycles. The van der Waals surface area contributed by atoms with Crippen LogP contribution in [0.3, 0.4) is 0 Å². The third kappa shape index (κ3) is 3.09. The van der Waals surface area contributed by atoms with E-state index in [1.54, 1.807) is 54.2 Å². The average molecular weight is 340 g/mol. The van der Waals surface area contributed by atoms with Crippen LogP contribution in [0.2, 0.25) is 0 Å². The van der Waals surface area contributed by atoms with Crippen LogP contribution in [0, 0.1) is 0 Å². The van der Waals surface area contributed by atoms with Gasteiger partial charge in [0, 0.05) is 17.8 Å². The Morgan fingerprint density at radius 2 is 2.17 bits per heavy atom. The van der Waals surface area contributed by atoms with Gasteiger partial charge in [-0.15, -0.1) is 6.58 Å². The summed E-state index contributed by atoms with van der Waals surface area (Å²) in [6, 6.07) is 12.4. The number of fused-ring (bicyclic) bond motifs is 1. The van der Waals surface area contributed by atoms with Crippen molar-refractivity contribution in [3.63, 3.8) is 0 Å². The van der Waals surface area contributed by atoms with Crippen molar-refractivity contribution in [1.29, 1.82) is 0 Å². The molecular weight excluding hydrogens is 324 g/mol. The van der Waals surface area contributed by atoms with Gasteiger partial charge in [-0.1, -0.05) is 23.5 Å². The standard InChI is InChI=1S/C18H16N2O3S/c1-3-9-20-15-8-7-13(11-16(15)24-18(20)22)19-17(21)12-5-4-6-14(10-12)23-2/h3-8,10-11H,1,9H2,2H3,(H,19,21). The normalized spacial score (nSPS) is 10.5. The number of carbonyl (C=O) groups excluding carboxylic acids is 1. The number of hydrogen-bond acceptors (Lipinski definition) is 4. The van der Waals surface area contributed by atoms with Crippen molar-refractivity contribution in [1.82, 2.24) is 4.57 Å². The Morgan fingerprint density at radius 1 is 1.33 bits per heavy atom. The van der Waals surface area contributed by atoms with Gasteiger partial charge in [0.2, 0.25) is 0 Å². The Balaban J connectivity index is 1.88. The molecule has 1 aromatic heterocycles. The Kier molecular flexibility index (Phi) is 4.48. The molecule has 0 radical (unpaired) electrons. The van der Waals surface area contributed by atoms with Gasteiger partial charge in [-0.05, 0) is 36.4 Å². The topological polar surface area (TPSA) is 60.3 Å². The quantitative estimate of drug-likeness (QED) is 0.723. The number of amides is 1. The van der Waals surface area contributed by atoms with Crippen LogP contribution >= 0.6 is 11.3 Å². The number of aromatic nitrogens is 1. The third-order valence-electron chi connectivity index (χ3n) is 3.57. The van der Waals surface area contributed by atoms with E-state index >= 15 is 0 Å². The molecule has 0 saturated carbocycles. The Bertz CT molecular complexity index is 972. The number of anilines is 1. The van der Waals surface area contributed by atoms with Crippen LogP contribution in [0.25, 0.3) is 10.2 Å². The summed E-state index contributed by atoms with van der Waals surface area (Å²) in [5, 5.41) is 2.84. The molecule has 0 aliphatic carbocycles. The zero-order valence-corrected chi connectivity index (χ0v) is 13.9. The van der Waals surface area contributed by atoms with E-state index in [0.717, 1.165) is 21.6 Å². The molecule has 2 aromatic carbocycles. The number of allylic oxidation sites excluding steroid dienone is 1. The van der Waals surface area contributed by atoms with Crippen LogP contribution in [0.5, 0.6) is 5.75 Å². The monoisotopic (exact) mass is 340 g/mol. The van der Waals surface area contributed by atoms with Gasteiger partial charge in [-0.25, -0.2) is 0 Å². The molecule has 0 bridgehead atoms. The van der Waals surface area contributed by atoms with E-state index in [2.05, 4.69) is 11.9 Å². The molecule has 5 nitrogen and oxygen atoms in total. The fourth-order valence-corrected chi connectivity index (χ4v) is 3.35. The maximum Gasteiger partial charge on any atom is 0.308 e. The summed E-state index contributed by atoms with van der Waals surface area (Å²) in [4.78, 5) is 24.3. The highest BCUT2D eigenvalue weighted by Crippen LogP contribution is 2.23. The first-order chi connectivity index (χ1) is 11.6. The fraction of sp³-hybridized carbons (Fsp3) is 0.111. The van der Waals surface area contributed by atoms with Gasteiger partial charge in [0.1, 0.15) is 5.75 Å². The van der Waals surface area contributed by atoms with E-state index in [0.29, 0.717) is 23.5 Å². The van der Waals surface area contributed by atoms with Gasteiger partial charge in [-0.3, -0.25) is 14.2 Å². The van der Waals surface area contributed by atoms with Gasteiger partial charge >= 0.3 is 4.87 Å². The van der Waals surface area contributed by atoms with Crippen LogP contribution in [0.1, 0.15) is 10.4 Å². The summed E-state index contributed by atoms with van der Waals surface area (Å²) >= 11 is 1.15. The lowest BCUT2D eigenvalue weighted by molar-refractivity contribution is 0.102. The molecule has 0 saturated heterocycles. The predicted molar refractivity (Wildman–Crippen MR) is 97.2 cm³/mol. The Labute approximate surface area is 142 Å². The number of thiazole rings is 1. The van der Waals surface area contributed by atoms with Gasteiger partial charge in [0.15, 0.2) is 0 Å². The maximum absolute atomic E-state index is 12.3. The highest BCUT2D eigenvalue weighted by Gasteiger charge is 2.10. The smallest absolute Gasteiger partial charge is 0.308 e. The second-order valence-electron chi connectivity index (χ2n) is 5.14. The molecule has 0 fully saturated rings. The molecule has 122 valence electrons. The lowest BCUT2D eigenvalue weighted by Gasteiger charge is -2.07. The van der Waals surface area contributed by atoms with E-state index in [1.807, 2.05) is 6.07 Å². The molecule has 1 N–H and O–H groups in total. The molecule has 0 spiro atoms. The van der Waals surface area contributed by atoms with E-state index in [4.69, 9.17) is 4.74 Å². The largest absolute Gasteiger partial charge is 0.497 e. The lowest BCUT2D eigenvalue weighted by atomic mass is 10.2. The van der Waals surface area contributed by atoms with Crippen molar-refractivity contribution >= 4 is 33.1 Å². The van der Waals surface area contributed by atoms with Crippen LogP contribution in [0.4, 0.5) is 5.69 Å². The molecule has 1 heterocycles. The van der Waals surface area contributed by atoms with Crippen molar-refractivity contribution in [3.8, 4) is 5.75 Å². The summed E-state index contributed by atoms with van der Waals surface area (Å²) in [5.74, 6) is 0.393. The summed E-state index contributed by atoms with van der Waals surface area (Å²) in [5.41, 5.74) is 1.98. The molecule has 3 aromatic rings. The minimum absolute atomic E-state index is 0.0406. The number of rotatable bonds is 5. The van der Waals surface area contributed by atoms with E-state index < -0.39 is 0 Å². The van der Waals surface area contributed by atoms with E-state index in [-0.39, 0.29) is 10.8 Å². The van der Waals surface area contributed by atoms with Crippen molar-refractivity contribution in [2.45, 2.75) is 6.54 Å². The summed E-state index contributed by atoms with van der Waals surface area (Å²) < 4.78 is 7.61. The van der Waals surface area contributed by atoms with Crippen LogP contribution in [-0.4, -0.2) is 17.6 Å². The molecule has 0 atom stereocenters. The average Bonchev–Trinajstić information content (AvgIpc) is 2.90. The Hall–Kier alpha value is -2.86. The van der Waals surface area contributed by atoms with Crippen molar-refractivity contribution in [2.75, 3.05) is 12.4 Å². The highest BCUT2D eigenvalue weighted by atomic mass is 32.1. The van der Waals surface area contributed by atoms with Gasteiger partial charge in [0.05, 0.1) is 17.3 Å². The highest BCUT2D eigenvalue weighted by molar-refractivity contribution is 7.16. The fourth-order valence-electron chi connectivity index (χ4n) is 2.41. The molecular formula is C18H16N2O3S. The number of ether oxygens (including phenoxy) is 1.